The van der Waals surface area contributed by atoms with Gasteiger partial charge in [-0.25, -0.2) is 4.98 Å². The van der Waals surface area contributed by atoms with Crippen LogP contribution in [0.15, 0.2) is 10.9 Å². The summed E-state index contributed by atoms with van der Waals surface area (Å²) in [6, 6.07) is 0.175. The van der Waals surface area contributed by atoms with Crippen molar-refractivity contribution in [2.24, 2.45) is 17.6 Å². The van der Waals surface area contributed by atoms with Gasteiger partial charge in [-0.2, -0.15) is 0 Å². The highest BCUT2D eigenvalue weighted by Gasteiger charge is 2.26. The molecular formula is C12H20N2S. The van der Waals surface area contributed by atoms with Gasteiger partial charge < -0.3 is 5.73 Å². The fourth-order valence-corrected chi connectivity index (χ4v) is 3.18. The average Bonchev–Trinajstić information content (AvgIpc) is 2.82. The number of hydrogen-bond donors (Lipinski definition) is 1. The average molecular weight is 224 g/mol. The van der Waals surface area contributed by atoms with Crippen molar-refractivity contribution in [2.75, 3.05) is 0 Å². The number of thiazole rings is 1. The third kappa shape index (κ3) is 2.58. The van der Waals surface area contributed by atoms with E-state index in [-0.39, 0.29) is 6.04 Å². The molecule has 1 atom stereocenters. The van der Waals surface area contributed by atoms with E-state index in [1.165, 1.54) is 32.1 Å². The first kappa shape index (κ1) is 11.1. The first-order chi connectivity index (χ1) is 7.31. The molecule has 2 nitrogen and oxygen atoms in total. The van der Waals surface area contributed by atoms with Crippen molar-refractivity contribution in [1.29, 1.82) is 0 Å². The SMILES string of the molecule is CCC1CCC(C(N)c2cscn2)CC1. The first-order valence-electron chi connectivity index (χ1n) is 5.95. The van der Waals surface area contributed by atoms with Gasteiger partial charge in [0.2, 0.25) is 0 Å². The molecule has 3 heteroatoms. The molecule has 1 aliphatic rings. The van der Waals surface area contributed by atoms with Crippen LogP contribution in [-0.2, 0) is 0 Å². The maximum atomic E-state index is 6.25. The Hall–Kier alpha value is -0.410. The van der Waals surface area contributed by atoms with Gasteiger partial charge in [0.1, 0.15) is 0 Å². The fraction of sp³-hybridized carbons (Fsp3) is 0.750. The van der Waals surface area contributed by atoms with E-state index in [1.54, 1.807) is 11.3 Å². The third-order valence-corrected chi connectivity index (χ3v) is 4.37. The highest BCUT2D eigenvalue weighted by Crippen LogP contribution is 2.36. The van der Waals surface area contributed by atoms with E-state index in [1.807, 2.05) is 5.51 Å². The summed E-state index contributed by atoms with van der Waals surface area (Å²) in [6.07, 6.45) is 6.63. The van der Waals surface area contributed by atoms with Crippen molar-refractivity contribution in [3.8, 4) is 0 Å². The monoisotopic (exact) mass is 224 g/mol. The second-order valence-corrected chi connectivity index (χ2v) is 5.35. The molecule has 1 heterocycles. The van der Waals surface area contributed by atoms with Crippen LogP contribution in [0.25, 0.3) is 0 Å². The summed E-state index contributed by atoms with van der Waals surface area (Å²) in [5.74, 6) is 1.61. The molecule has 1 aromatic rings. The van der Waals surface area contributed by atoms with E-state index in [0.717, 1.165) is 11.6 Å². The lowest BCUT2D eigenvalue weighted by atomic mass is 9.77. The summed E-state index contributed by atoms with van der Waals surface area (Å²) in [6.45, 7) is 2.30. The molecule has 0 bridgehead atoms. The molecule has 0 radical (unpaired) electrons. The Morgan fingerprint density at radius 2 is 2.20 bits per heavy atom. The normalized spacial score (nSPS) is 28.9. The van der Waals surface area contributed by atoms with Gasteiger partial charge >= 0.3 is 0 Å². The smallest absolute Gasteiger partial charge is 0.0795 e. The van der Waals surface area contributed by atoms with Crippen molar-refractivity contribution < 1.29 is 0 Å². The molecule has 0 aliphatic heterocycles. The van der Waals surface area contributed by atoms with Crippen LogP contribution in [0.1, 0.15) is 50.8 Å². The molecule has 84 valence electrons. The summed E-state index contributed by atoms with van der Waals surface area (Å²) in [4.78, 5) is 4.32. The second-order valence-electron chi connectivity index (χ2n) is 4.63. The van der Waals surface area contributed by atoms with Gasteiger partial charge in [0, 0.05) is 5.38 Å². The standard InChI is InChI=1S/C12H20N2S/c1-2-9-3-5-10(6-4-9)12(13)11-7-15-8-14-11/h7-10,12H,2-6,13H2,1H3. The third-order valence-electron chi connectivity index (χ3n) is 3.77. The molecule has 1 aliphatic carbocycles. The minimum atomic E-state index is 0.175. The van der Waals surface area contributed by atoms with Gasteiger partial charge in [0.05, 0.1) is 17.2 Å². The van der Waals surface area contributed by atoms with Gasteiger partial charge in [0.25, 0.3) is 0 Å². The zero-order valence-electron chi connectivity index (χ0n) is 9.36. The summed E-state index contributed by atoms with van der Waals surface area (Å²) in [5, 5.41) is 2.09. The minimum Gasteiger partial charge on any atom is -0.322 e. The Labute approximate surface area is 95.9 Å². The minimum absolute atomic E-state index is 0.175. The lowest BCUT2D eigenvalue weighted by molar-refractivity contribution is 0.238. The molecule has 2 N–H and O–H groups in total. The van der Waals surface area contributed by atoms with Crippen molar-refractivity contribution >= 4 is 11.3 Å². The Bertz CT molecular complexity index is 276. The van der Waals surface area contributed by atoms with Crippen molar-refractivity contribution in [3.05, 3.63) is 16.6 Å². The Morgan fingerprint density at radius 3 is 2.73 bits per heavy atom. The Kier molecular flexibility index (Phi) is 3.76. The molecule has 0 amide bonds. The molecule has 0 saturated heterocycles. The number of aromatic nitrogens is 1. The van der Waals surface area contributed by atoms with Gasteiger partial charge in [-0.15, -0.1) is 11.3 Å². The zero-order valence-corrected chi connectivity index (χ0v) is 10.2. The summed E-state index contributed by atoms with van der Waals surface area (Å²) < 4.78 is 0. The fourth-order valence-electron chi connectivity index (χ4n) is 2.58. The lowest BCUT2D eigenvalue weighted by Crippen LogP contribution is -2.26. The van der Waals surface area contributed by atoms with E-state index in [4.69, 9.17) is 5.73 Å². The van der Waals surface area contributed by atoms with Crippen LogP contribution in [0, 0.1) is 11.8 Å². The Morgan fingerprint density at radius 1 is 1.47 bits per heavy atom. The van der Waals surface area contributed by atoms with Crippen LogP contribution in [-0.4, -0.2) is 4.98 Å². The zero-order chi connectivity index (χ0) is 10.7. The van der Waals surface area contributed by atoms with E-state index in [0.29, 0.717) is 5.92 Å². The van der Waals surface area contributed by atoms with Crippen LogP contribution < -0.4 is 5.73 Å². The highest BCUT2D eigenvalue weighted by molar-refractivity contribution is 7.07. The highest BCUT2D eigenvalue weighted by atomic mass is 32.1. The van der Waals surface area contributed by atoms with Crippen molar-refractivity contribution in [3.63, 3.8) is 0 Å². The van der Waals surface area contributed by atoms with Gasteiger partial charge in [-0.1, -0.05) is 26.2 Å². The van der Waals surface area contributed by atoms with E-state index in [9.17, 15) is 0 Å². The summed E-state index contributed by atoms with van der Waals surface area (Å²) in [5.41, 5.74) is 9.22. The molecule has 0 spiro atoms. The molecule has 2 rings (SSSR count). The quantitative estimate of drug-likeness (QED) is 0.855. The van der Waals surface area contributed by atoms with E-state index >= 15 is 0 Å². The molecule has 1 saturated carbocycles. The van der Waals surface area contributed by atoms with E-state index < -0.39 is 0 Å². The van der Waals surface area contributed by atoms with E-state index in [2.05, 4.69) is 17.3 Å². The van der Waals surface area contributed by atoms with Crippen molar-refractivity contribution in [1.82, 2.24) is 4.98 Å². The van der Waals surface area contributed by atoms with Gasteiger partial charge in [0.15, 0.2) is 0 Å². The van der Waals surface area contributed by atoms with Gasteiger partial charge in [-0.3, -0.25) is 0 Å². The largest absolute Gasteiger partial charge is 0.322 e. The predicted octanol–water partition coefficient (Wildman–Crippen LogP) is 3.36. The summed E-state index contributed by atoms with van der Waals surface area (Å²) in [7, 11) is 0. The van der Waals surface area contributed by atoms with Crippen LogP contribution in [0.5, 0.6) is 0 Å². The van der Waals surface area contributed by atoms with Crippen LogP contribution in [0.2, 0.25) is 0 Å². The van der Waals surface area contributed by atoms with Crippen molar-refractivity contribution in [2.45, 2.75) is 45.1 Å². The number of rotatable bonds is 3. The molecule has 15 heavy (non-hydrogen) atoms. The van der Waals surface area contributed by atoms with Crippen LogP contribution >= 0.6 is 11.3 Å². The number of nitrogens with two attached hydrogens (primary N) is 1. The summed E-state index contributed by atoms with van der Waals surface area (Å²) >= 11 is 1.65. The first-order valence-corrected chi connectivity index (χ1v) is 6.89. The topological polar surface area (TPSA) is 38.9 Å². The number of nitrogens with zero attached hydrogens (tertiary/aromatic N) is 1. The Balaban J connectivity index is 1.90. The molecule has 0 aromatic carbocycles. The van der Waals surface area contributed by atoms with Crippen LogP contribution in [0.3, 0.4) is 0 Å². The molecule has 1 unspecified atom stereocenters. The number of hydrogen-bond acceptors (Lipinski definition) is 3. The molecule has 1 fully saturated rings. The lowest BCUT2D eigenvalue weighted by Gasteiger charge is -2.31. The maximum absolute atomic E-state index is 6.25. The molecular weight excluding hydrogens is 204 g/mol. The maximum Gasteiger partial charge on any atom is 0.0795 e. The molecule has 1 aromatic heterocycles. The predicted molar refractivity (Wildman–Crippen MR) is 64.8 cm³/mol. The van der Waals surface area contributed by atoms with Gasteiger partial charge in [-0.05, 0) is 24.7 Å². The van der Waals surface area contributed by atoms with Crippen LogP contribution in [0.4, 0.5) is 0 Å². The second kappa shape index (κ2) is 5.08.